The predicted molar refractivity (Wildman–Crippen MR) is 104 cm³/mol. The number of hydrogen-bond donors (Lipinski definition) is 0. The quantitative estimate of drug-likeness (QED) is 0.679. The summed E-state index contributed by atoms with van der Waals surface area (Å²) in [6.45, 7) is 11.4. The minimum absolute atomic E-state index is 0.105. The number of rotatable bonds is 6. The molecule has 0 radical (unpaired) electrons. The van der Waals surface area contributed by atoms with Crippen LogP contribution >= 0.6 is 11.8 Å². The van der Waals surface area contributed by atoms with Crippen molar-refractivity contribution in [2.45, 2.75) is 57.6 Å². The van der Waals surface area contributed by atoms with Gasteiger partial charge < -0.3 is 4.74 Å². The Morgan fingerprint density at radius 2 is 2.24 bits per heavy atom. The van der Waals surface area contributed by atoms with Gasteiger partial charge in [0, 0.05) is 17.1 Å². The highest BCUT2D eigenvalue weighted by Gasteiger charge is 2.18. The number of allylic oxidation sites excluding steroid dienone is 1. The number of aryl methyl sites for hydroxylation is 1. The Hall–Kier alpha value is -1.59. The Balaban J connectivity index is 1.99. The molecular weight excluding hydrogens is 330 g/mol. The topological polar surface area (TPSA) is 39.9 Å². The average molecular weight is 358 g/mol. The fourth-order valence-electron chi connectivity index (χ4n) is 3.09. The Morgan fingerprint density at radius 3 is 3.00 bits per heavy atom. The van der Waals surface area contributed by atoms with Crippen molar-refractivity contribution in [3.05, 3.63) is 41.7 Å². The summed E-state index contributed by atoms with van der Waals surface area (Å²) >= 11 is 1.97. The van der Waals surface area contributed by atoms with Crippen molar-refractivity contribution >= 4 is 11.8 Å². The van der Waals surface area contributed by atoms with E-state index < -0.39 is 0 Å². The monoisotopic (exact) mass is 357 g/mol. The molecule has 0 amide bonds. The van der Waals surface area contributed by atoms with E-state index in [-0.39, 0.29) is 6.10 Å². The summed E-state index contributed by atoms with van der Waals surface area (Å²) in [4.78, 5) is 6.22. The van der Waals surface area contributed by atoms with E-state index in [0.717, 1.165) is 29.2 Å². The third-order valence-electron chi connectivity index (χ3n) is 4.30. The second-order valence-electron chi connectivity index (χ2n) is 6.63. The van der Waals surface area contributed by atoms with E-state index >= 15 is 0 Å². The molecule has 134 valence electrons. The Labute approximate surface area is 154 Å². The number of benzene rings is 1. The fourth-order valence-corrected chi connectivity index (χ4v) is 4.17. The molecule has 0 N–H and O–H groups in total. The van der Waals surface area contributed by atoms with Gasteiger partial charge in [-0.1, -0.05) is 18.2 Å². The number of hydrogen-bond acceptors (Lipinski definition) is 4. The van der Waals surface area contributed by atoms with Crippen molar-refractivity contribution < 1.29 is 4.74 Å². The molecule has 4 nitrogen and oxygen atoms in total. The molecule has 5 heteroatoms. The van der Waals surface area contributed by atoms with E-state index in [1.54, 1.807) is 0 Å². The van der Waals surface area contributed by atoms with Gasteiger partial charge in [-0.15, -0.1) is 11.8 Å². The van der Waals surface area contributed by atoms with Gasteiger partial charge in [0.15, 0.2) is 11.6 Å². The molecule has 1 aliphatic rings. The summed E-state index contributed by atoms with van der Waals surface area (Å²) in [5, 5.41) is 4.69. The van der Waals surface area contributed by atoms with Gasteiger partial charge in [0.2, 0.25) is 0 Å². The van der Waals surface area contributed by atoms with Gasteiger partial charge in [-0.05, 0) is 63.5 Å². The lowest BCUT2D eigenvalue weighted by atomic mass is 10.0. The van der Waals surface area contributed by atoms with Gasteiger partial charge in [0.25, 0.3) is 0 Å². The summed E-state index contributed by atoms with van der Waals surface area (Å²) < 4.78 is 7.64. The zero-order chi connectivity index (χ0) is 17.8. The minimum atomic E-state index is -0.105. The average Bonchev–Trinajstić information content (AvgIpc) is 2.84. The second-order valence-corrected chi connectivity index (χ2v) is 7.77. The van der Waals surface area contributed by atoms with Crippen LogP contribution in [-0.4, -0.2) is 27.1 Å². The molecule has 0 saturated carbocycles. The lowest BCUT2D eigenvalue weighted by Crippen LogP contribution is -2.05. The Kier molecular flexibility index (Phi) is 5.97. The van der Waals surface area contributed by atoms with Crippen LogP contribution in [0.15, 0.2) is 35.2 Å². The van der Waals surface area contributed by atoms with Crippen molar-refractivity contribution in [1.82, 2.24) is 14.8 Å². The van der Waals surface area contributed by atoms with Crippen molar-refractivity contribution in [2.75, 3.05) is 12.4 Å². The molecule has 1 aromatic carbocycles. The first-order valence-corrected chi connectivity index (χ1v) is 10.0. The Morgan fingerprint density at radius 1 is 1.40 bits per heavy atom. The highest BCUT2D eigenvalue weighted by Crippen LogP contribution is 2.32. The van der Waals surface area contributed by atoms with Crippen LogP contribution in [0.4, 0.5) is 0 Å². The van der Waals surface area contributed by atoms with E-state index in [1.165, 1.54) is 29.1 Å². The van der Waals surface area contributed by atoms with E-state index in [1.807, 2.05) is 37.2 Å². The number of ether oxygens (including phenoxy) is 1. The predicted octanol–water partition coefficient (Wildman–Crippen LogP) is 5.05. The molecular formula is C20H27N3OS. The number of nitrogens with zero attached hydrogens (tertiary/aromatic N) is 3. The van der Waals surface area contributed by atoms with Crippen molar-refractivity contribution in [3.63, 3.8) is 0 Å². The molecule has 0 saturated heterocycles. The molecule has 25 heavy (non-hydrogen) atoms. The van der Waals surface area contributed by atoms with Crippen LogP contribution in [0.25, 0.3) is 11.4 Å². The van der Waals surface area contributed by atoms with Gasteiger partial charge in [0.05, 0.1) is 6.54 Å². The normalized spacial score (nSPS) is 15.5. The first kappa shape index (κ1) is 18.2. The third-order valence-corrected chi connectivity index (χ3v) is 5.51. The molecule has 2 aromatic rings. The summed E-state index contributed by atoms with van der Waals surface area (Å²) in [5.74, 6) is 2.86. The summed E-state index contributed by atoms with van der Waals surface area (Å²) in [5.41, 5.74) is 3.63. The molecule has 0 bridgehead atoms. The van der Waals surface area contributed by atoms with Gasteiger partial charge in [-0.3, -0.25) is 0 Å². The summed E-state index contributed by atoms with van der Waals surface area (Å²) in [7, 11) is 0. The second kappa shape index (κ2) is 8.19. The van der Waals surface area contributed by atoms with Crippen molar-refractivity contribution in [1.29, 1.82) is 0 Å². The maximum absolute atomic E-state index is 5.68. The minimum Gasteiger partial charge on any atom is -0.371 e. The van der Waals surface area contributed by atoms with Crippen LogP contribution in [0.3, 0.4) is 0 Å². The number of aromatic nitrogens is 3. The molecule has 1 unspecified atom stereocenters. The maximum atomic E-state index is 5.68. The lowest BCUT2D eigenvalue weighted by Gasteiger charge is -2.09. The maximum Gasteiger partial charge on any atom is 0.179 e. The fraction of sp³-hybridized carbons (Fsp3) is 0.500. The summed E-state index contributed by atoms with van der Waals surface area (Å²) in [6.07, 6.45) is 3.59. The Bertz CT molecular complexity index is 753. The van der Waals surface area contributed by atoms with Crippen molar-refractivity contribution in [2.24, 2.45) is 0 Å². The van der Waals surface area contributed by atoms with Crippen LogP contribution in [0.5, 0.6) is 0 Å². The van der Waals surface area contributed by atoms with Crippen molar-refractivity contribution in [3.8, 4) is 11.4 Å². The molecule has 0 spiro atoms. The van der Waals surface area contributed by atoms with Crippen LogP contribution in [-0.2, 0) is 17.7 Å². The smallest absolute Gasteiger partial charge is 0.179 e. The summed E-state index contributed by atoms with van der Waals surface area (Å²) in [6, 6.07) is 6.71. The van der Waals surface area contributed by atoms with Gasteiger partial charge >= 0.3 is 0 Å². The van der Waals surface area contributed by atoms with E-state index in [4.69, 9.17) is 14.8 Å². The lowest BCUT2D eigenvalue weighted by molar-refractivity contribution is 0.0700. The molecule has 1 aliphatic heterocycles. The molecule has 0 fully saturated rings. The highest BCUT2D eigenvalue weighted by molar-refractivity contribution is 7.99. The highest BCUT2D eigenvalue weighted by atomic mass is 32.2. The van der Waals surface area contributed by atoms with Crippen LogP contribution in [0, 0.1) is 0 Å². The molecule has 1 aromatic heterocycles. The van der Waals surface area contributed by atoms with E-state index in [0.29, 0.717) is 13.2 Å². The standard InChI is InChI=1S/C20H27N3OS/c1-5-24-15(4)19-21-20(23(22-19)13-14(2)3)17-9-10-18-16(12-17)8-6-7-11-25-18/h9-10,12,15H,2,5-8,11,13H2,1,3-4H3. The number of thioether (sulfide) groups is 1. The van der Waals surface area contributed by atoms with E-state index in [9.17, 15) is 0 Å². The SMILES string of the molecule is C=C(C)Cn1nc(C(C)OCC)nc1-c1ccc2c(c1)CCCCS2. The zero-order valence-corrected chi connectivity index (χ0v) is 16.2. The van der Waals surface area contributed by atoms with Crippen LogP contribution in [0.2, 0.25) is 0 Å². The number of fused-ring (bicyclic) bond motifs is 1. The first-order chi connectivity index (χ1) is 12.1. The first-order valence-electron chi connectivity index (χ1n) is 9.05. The molecule has 2 heterocycles. The molecule has 3 rings (SSSR count). The molecule has 1 atom stereocenters. The van der Waals surface area contributed by atoms with Gasteiger partial charge in [-0.25, -0.2) is 9.67 Å². The van der Waals surface area contributed by atoms with Gasteiger partial charge in [-0.2, -0.15) is 5.10 Å². The largest absolute Gasteiger partial charge is 0.371 e. The van der Waals surface area contributed by atoms with Crippen LogP contribution in [0.1, 0.15) is 51.1 Å². The molecule has 0 aliphatic carbocycles. The van der Waals surface area contributed by atoms with Crippen LogP contribution < -0.4 is 0 Å². The zero-order valence-electron chi connectivity index (χ0n) is 15.4. The third kappa shape index (κ3) is 4.33. The van der Waals surface area contributed by atoms with E-state index in [2.05, 4.69) is 24.8 Å². The van der Waals surface area contributed by atoms with Gasteiger partial charge in [0.1, 0.15) is 6.10 Å².